The Morgan fingerprint density at radius 2 is 1.54 bits per heavy atom. The highest BCUT2D eigenvalue weighted by Gasteiger charge is 2.63. The van der Waals surface area contributed by atoms with Gasteiger partial charge in [0.05, 0.1) is 5.60 Å². The second kappa shape index (κ2) is 6.24. The van der Waals surface area contributed by atoms with E-state index in [0.29, 0.717) is 16.2 Å². The summed E-state index contributed by atoms with van der Waals surface area (Å²) >= 11 is 0. The van der Waals surface area contributed by atoms with Gasteiger partial charge in [-0.15, -0.1) is 0 Å². The van der Waals surface area contributed by atoms with E-state index < -0.39 is 0 Å². The van der Waals surface area contributed by atoms with Crippen LogP contribution < -0.4 is 0 Å². The van der Waals surface area contributed by atoms with Crippen LogP contribution in [0.4, 0.5) is 0 Å². The van der Waals surface area contributed by atoms with E-state index >= 15 is 0 Å². The van der Waals surface area contributed by atoms with Gasteiger partial charge in [0.1, 0.15) is 0 Å². The molecule has 5 aliphatic carbocycles. The van der Waals surface area contributed by atoms with Crippen molar-refractivity contribution in [3.05, 3.63) is 0 Å². The predicted molar refractivity (Wildman–Crippen MR) is 117 cm³/mol. The average molecular weight is 387 g/mol. The van der Waals surface area contributed by atoms with Crippen molar-refractivity contribution >= 4 is 0 Å². The van der Waals surface area contributed by atoms with Gasteiger partial charge in [-0.2, -0.15) is 0 Å². The van der Waals surface area contributed by atoms with Crippen LogP contribution in [0.3, 0.4) is 0 Å². The highest BCUT2D eigenvalue weighted by Crippen LogP contribution is 2.70. The first-order chi connectivity index (χ1) is 13.2. The zero-order chi connectivity index (χ0) is 19.9. The topological polar surface area (TPSA) is 20.2 Å². The molecule has 5 saturated carbocycles. The molecule has 0 amide bonds. The monoisotopic (exact) mass is 386 g/mol. The molecule has 0 bridgehead atoms. The fourth-order valence-electron chi connectivity index (χ4n) is 9.64. The Morgan fingerprint density at radius 1 is 0.821 bits per heavy atom. The Balaban J connectivity index is 1.38. The van der Waals surface area contributed by atoms with Crippen LogP contribution in [0.1, 0.15) is 112 Å². The van der Waals surface area contributed by atoms with E-state index in [2.05, 4.69) is 34.6 Å². The van der Waals surface area contributed by atoms with Crippen molar-refractivity contribution in [2.75, 3.05) is 0 Å². The normalized spacial score (nSPS) is 55.7. The molecule has 0 aliphatic heterocycles. The lowest BCUT2D eigenvalue weighted by molar-refractivity contribution is -0.153. The second-order valence-electron chi connectivity index (χ2n) is 13.1. The maximum atomic E-state index is 11.0. The number of hydrogen-bond donors (Lipinski definition) is 1. The first kappa shape index (κ1) is 19.9. The first-order valence-corrected chi connectivity index (χ1v) is 12.9. The molecule has 0 aromatic rings. The summed E-state index contributed by atoms with van der Waals surface area (Å²) in [5.74, 6) is 5.60. The van der Waals surface area contributed by atoms with Crippen molar-refractivity contribution in [2.24, 2.45) is 51.8 Å². The van der Waals surface area contributed by atoms with Crippen molar-refractivity contribution in [3.63, 3.8) is 0 Å². The molecule has 5 fully saturated rings. The molecule has 160 valence electrons. The van der Waals surface area contributed by atoms with Crippen LogP contribution in [0, 0.1) is 51.8 Å². The lowest BCUT2D eigenvalue weighted by Crippen LogP contribution is -2.56. The molecule has 9 atom stereocenters. The van der Waals surface area contributed by atoms with Crippen LogP contribution in [-0.4, -0.2) is 10.7 Å². The van der Waals surface area contributed by atoms with Crippen LogP contribution in [0.2, 0.25) is 0 Å². The SMILES string of the molecule is CC[C@]1(O)CC[C@@]2(C)[C@@H](CC[C@@H]3[C@@H]2CC[C@]2(C)[C@@H]([C@H](C)C4(C)CC4)CC[C@@H]32)C1. The number of aliphatic hydroxyl groups is 1. The average Bonchev–Trinajstić information content (AvgIpc) is 3.32. The van der Waals surface area contributed by atoms with Gasteiger partial charge in [-0.1, -0.05) is 34.6 Å². The van der Waals surface area contributed by atoms with E-state index in [1.54, 1.807) is 0 Å². The Bertz CT molecular complexity index is 622. The third-order valence-electron chi connectivity index (χ3n) is 12.3. The summed E-state index contributed by atoms with van der Waals surface area (Å²) < 4.78 is 0. The molecule has 1 heteroatoms. The standard InChI is InChI=1S/C27H46O/c1-6-27(28)16-15-25(4)19(17-27)7-8-20-22-10-9-21(18(2)24(3)13-14-24)26(22,5)12-11-23(20)25/h18-23,28H,6-17H2,1-5H3/t18-,19-,20-,21+,22-,23-,25-,26+,27-/m0/s1. The van der Waals surface area contributed by atoms with Gasteiger partial charge in [-0.05, 0) is 129 Å². The molecule has 1 nitrogen and oxygen atoms in total. The fourth-order valence-corrected chi connectivity index (χ4v) is 9.64. The van der Waals surface area contributed by atoms with Crippen LogP contribution in [0.25, 0.3) is 0 Å². The maximum Gasteiger partial charge on any atom is 0.0648 e. The zero-order valence-corrected chi connectivity index (χ0v) is 19.4. The molecular weight excluding hydrogens is 340 g/mol. The molecule has 1 N–H and O–H groups in total. The molecule has 0 aromatic carbocycles. The highest BCUT2D eigenvalue weighted by molar-refractivity contribution is 5.12. The summed E-state index contributed by atoms with van der Waals surface area (Å²) in [6.45, 7) is 12.7. The smallest absolute Gasteiger partial charge is 0.0648 e. The largest absolute Gasteiger partial charge is 0.390 e. The molecular formula is C27H46O. The van der Waals surface area contributed by atoms with Crippen molar-refractivity contribution in [2.45, 2.75) is 117 Å². The lowest BCUT2D eigenvalue weighted by Gasteiger charge is -2.62. The summed E-state index contributed by atoms with van der Waals surface area (Å²) in [6.07, 6.45) is 16.2. The van der Waals surface area contributed by atoms with Crippen molar-refractivity contribution in [1.29, 1.82) is 0 Å². The van der Waals surface area contributed by atoms with E-state index in [1.807, 2.05) is 0 Å². The highest BCUT2D eigenvalue weighted by atomic mass is 16.3. The number of hydrogen-bond acceptors (Lipinski definition) is 1. The number of fused-ring (bicyclic) bond motifs is 5. The Labute approximate surface area is 174 Å². The first-order valence-electron chi connectivity index (χ1n) is 12.9. The van der Waals surface area contributed by atoms with Crippen molar-refractivity contribution in [3.8, 4) is 0 Å². The van der Waals surface area contributed by atoms with Crippen molar-refractivity contribution in [1.82, 2.24) is 0 Å². The van der Waals surface area contributed by atoms with Crippen LogP contribution in [0.15, 0.2) is 0 Å². The number of rotatable bonds is 3. The van der Waals surface area contributed by atoms with Gasteiger partial charge in [0.15, 0.2) is 0 Å². The second-order valence-corrected chi connectivity index (χ2v) is 13.1. The van der Waals surface area contributed by atoms with E-state index in [4.69, 9.17) is 0 Å². The molecule has 28 heavy (non-hydrogen) atoms. The Morgan fingerprint density at radius 3 is 2.21 bits per heavy atom. The predicted octanol–water partition coefficient (Wildman–Crippen LogP) is 7.22. The van der Waals surface area contributed by atoms with Crippen molar-refractivity contribution < 1.29 is 5.11 Å². The van der Waals surface area contributed by atoms with Gasteiger partial charge in [-0.25, -0.2) is 0 Å². The van der Waals surface area contributed by atoms with Crippen LogP contribution >= 0.6 is 0 Å². The van der Waals surface area contributed by atoms with E-state index in [9.17, 15) is 5.11 Å². The molecule has 5 aliphatic rings. The van der Waals surface area contributed by atoms with Gasteiger partial charge in [0.25, 0.3) is 0 Å². The third-order valence-corrected chi connectivity index (χ3v) is 12.3. The quantitative estimate of drug-likeness (QED) is 0.542. The molecule has 0 spiro atoms. The summed E-state index contributed by atoms with van der Waals surface area (Å²) in [6, 6.07) is 0. The van der Waals surface area contributed by atoms with E-state index in [0.717, 1.165) is 54.8 Å². The van der Waals surface area contributed by atoms with E-state index in [1.165, 1.54) is 57.8 Å². The van der Waals surface area contributed by atoms with Gasteiger partial charge in [0.2, 0.25) is 0 Å². The summed E-state index contributed by atoms with van der Waals surface area (Å²) in [5.41, 5.74) is 1.46. The minimum atomic E-state index is -0.353. The third kappa shape index (κ3) is 2.66. The summed E-state index contributed by atoms with van der Waals surface area (Å²) in [4.78, 5) is 0. The minimum Gasteiger partial charge on any atom is -0.390 e. The molecule has 0 unspecified atom stereocenters. The minimum absolute atomic E-state index is 0.353. The molecule has 0 heterocycles. The lowest BCUT2D eigenvalue weighted by atomic mass is 9.43. The van der Waals surface area contributed by atoms with Gasteiger partial charge < -0.3 is 5.11 Å². The molecule has 0 aromatic heterocycles. The van der Waals surface area contributed by atoms with Gasteiger partial charge in [0, 0.05) is 0 Å². The van der Waals surface area contributed by atoms with E-state index in [-0.39, 0.29) is 5.60 Å². The van der Waals surface area contributed by atoms with Crippen LogP contribution in [0.5, 0.6) is 0 Å². The summed E-state index contributed by atoms with van der Waals surface area (Å²) in [7, 11) is 0. The molecule has 0 saturated heterocycles. The van der Waals surface area contributed by atoms with Gasteiger partial charge >= 0.3 is 0 Å². The zero-order valence-electron chi connectivity index (χ0n) is 19.4. The Hall–Kier alpha value is -0.0400. The maximum absolute atomic E-state index is 11.0. The summed E-state index contributed by atoms with van der Waals surface area (Å²) in [5, 5.41) is 11.0. The molecule has 0 radical (unpaired) electrons. The Kier molecular flexibility index (Phi) is 4.43. The van der Waals surface area contributed by atoms with Gasteiger partial charge in [-0.3, -0.25) is 0 Å². The fraction of sp³-hybridized carbons (Fsp3) is 1.00. The molecule has 5 rings (SSSR count). The van der Waals surface area contributed by atoms with Crippen LogP contribution in [-0.2, 0) is 0 Å².